The van der Waals surface area contributed by atoms with Gasteiger partial charge in [0.2, 0.25) is 5.91 Å². The molecule has 0 atom stereocenters. The van der Waals surface area contributed by atoms with Crippen LogP contribution in [0.5, 0.6) is 0 Å². The molecule has 2 aromatic carbocycles. The van der Waals surface area contributed by atoms with Crippen LogP contribution in [0.2, 0.25) is 0 Å². The van der Waals surface area contributed by atoms with Crippen molar-refractivity contribution in [3.05, 3.63) is 59.4 Å². The van der Waals surface area contributed by atoms with Gasteiger partial charge in [-0.25, -0.2) is 0 Å². The van der Waals surface area contributed by atoms with Crippen LogP contribution >= 0.6 is 0 Å². The number of nitrogens with one attached hydrogen (secondary N) is 1. The van der Waals surface area contributed by atoms with Gasteiger partial charge in [0.15, 0.2) is 0 Å². The zero-order valence-corrected chi connectivity index (χ0v) is 16.8. The van der Waals surface area contributed by atoms with Crippen LogP contribution in [0.1, 0.15) is 16.7 Å². The van der Waals surface area contributed by atoms with Gasteiger partial charge in [0.05, 0.1) is 24.1 Å². The van der Waals surface area contributed by atoms with Crippen molar-refractivity contribution in [2.24, 2.45) is 0 Å². The van der Waals surface area contributed by atoms with Crippen molar-refractivity contribution < 1.29 is 9.21 Å². The zero-order chi connectivity index (χ0) is 19.7. The normalized spacial score (nSPS) is 15.2. The van der Waals surface area contributed by atoms with Gasteiger partial charge in [-0.3, -0.25) is 4.79 Å². The van der Waals surface area contributed by atoms with Crippen LogP contribution in [0.3, 0.4) is 0 Å². The molecule has 1 aliphatic heterocycles. The molecule has 28 heavy (non-hydrogen) atoms. The van der Waals surface area contributed by atoms with Gasteiger partial charge in [-0.2, -0.15) is 0 Å². The summed E-state index contributed by atoms with van der Waals surface area (Å²) in [6.07, 6.45) is 2.00. The number of hydrogen-bond acceptors (Lipinski definition) is 4. The second-order valence-corrected chi connectivity index (χ2v) is 7.73. The number of carbonyl (C=O) groups excluding carboxylic acids is 1. The molecule has 5 nitrogen and oxygen atoms in total. The molecule has 0 radical (unpaired) electrons. The molecule has 0 aliphatic carbocycles. The van der Waals surface area contributed by atoms with E-state index in [1.54, 1.807) is 6.26 Å². The fourth-order valence-corrected chi connectivity index (χ4v) is 3.74. The Morgan fingerprint density at radius 3 is 2.57 bits per heavy atom. The maximum Gasteiger partial charge on any atom is 0.228 e. The number of nitrogens with zero attached hydrogens (tertiary/aromatic N) is 2. The first kappa shape index (κ1) is 18.6. The summed E-state index contributed by atoms with van der Waals surface area (Å²) in [5, 5.41) is 4.13. The molecule has 1 saturated heterocycles. The van der Waals surface area contributed by atoms with Crippen LogP contribution in [0.4, 0.5) is 11.4 Å². The molecule has 3 aromatic rings. The molecule has 1 aliphatic rings. The van der Waals surface area contributed by atoms with Crippen LogP contribution in [-0.4, -0.2) is 44.0 Å². The van der Waals surface area contributed by atoms with E-state index < -0.39 is 0 Å². The summed E-state index contributed by atoms with van der Waals surface area (Å²) in [5.74, 6) is -0.0255. The zero-order valence-electron chi connectivity index (χ0n) is 16.8. The Kier molecular flexibility index (Phi) is 5.09. The SMILES string of the molecule is Cc1cc2occ(CC(=O)Nc3ccccc3N3CCN(C)CC3)c2cc1C. The van der Waals surface area contributed by atoms with Gasteiger partial charge in [-0.15, -0.1) is 0 Å². The highest BCUT2D eigenvalue weighted by molar-refractivity contribution is 5.98. The number of anilines is 2. The molecule has 1 N–H and O–H groups in total. The fourth-order valence-electron chi connectivity index (χ4n) is 3.74. The number of benzene rings is 2. The summed E-state index contributed by atoms with van der Waals surface area (Å²) in [7, 11) is 2.14. The first-order valence-electron chi connectivity index (χ1n) is 9.81. The predicted octanol–water partition coefficient (Wildman–Crippen LogP) is 3.98. The van der Waals surface area contributed by atoms with Crippen LogP contribution in [0, 0.1) is 13.8 Å². The lowest BCUT2D eigenvalue weighted by atomic mass is 10.0. The molecule has 1 amide bonds. The molecule has 0 unspecified atom stereocenters. The molecule has 1 aromatic heterocycles. The van der Waals surface area contributed by atoms with Gasteiger partial charge in [0, 0.05) is 37.1 Å². The monoisotopic (exact) mass is 377 g/mol. The smallest absolute Gasteiger partial charge is 0.228 e. The number of aryl methyl sites for hydroxylation is 2. The van der Waals surface area contributed by atoms with Gasteiger partial charge in [0.25, 0.3) is 0 Å². The van der Waals surface area contributed by atoms with Crippen molar-refractivity contribution in [2.75, 3.05) is 43.4 Å². The molecule has 1 fully saturated rings. The number of piperazine rings is 1. The summed E-state index contributed by atoms with van der Waals surface area (Å²) in [4.78, 5) is 17.4. The maximum absolute atomic E-state index is 12.8. The first-order chi connectivity index (χ1) is 13.5. The minimum Gasteiger partial charge on any atom is -0.464 e. The third-order valence-electron chi connectivity index (χ3n) is 5.64. The van der Waals surface area contributed by atoms with E-state index in [0.29, 0.717) is 6.42 Å². The Hall–Kier alpha value is -2.79. The van der Waals surface area contributed by atoms with Crippen LogP contribution in [0.15, 0.2) is 47.1 Å². The standard InChI is InChI=1S/C23H27N3O2/c1-16-12-19-18(15-28-22(19)13-17(16)2)14-23(27)24-20-6-4-5-7-21(20)26-10-8-25(3)9-11-26/h4-7,12-13,15H,8-11,14H2,1-3H3,(H,24,27). The van der Waals surface area contributed by atoms with Gasteiger partial charge in [-0.05, 0) is 56.3 Å². The highest BCUT2D eigenvalue weighted by Gasteiger charge is 2.18. The van der Waals surface area contributed by atoms with Gasteiger partial charge in [0.1, 0.15) is 5.58 Å². The minimum atomic E-state index is -0.0255. The Bertz CT molecular complexity index is 1000. The van der Waals surface area contributed by atoms with E-state index in [2.05, 4.69) is 48.1 Å². The molecule has 5 heteroatoms. The third-order valence-corrected chi connectivity index (χ3v) is 5.64. The molecule has 2 heterocycles. The number of fused-ring (bicyclic) bond motifs is 1. The quantitative estimate of drug-likeness (QED) is 0.747. The Morgan fingerprint density at radius 1 is 1.07 bits per heavy atom. The van der Waals surface area contributed by atoms with E-state index in [4.69, 9.17) is 4.42 Å². The molecule has 146 valence electrons. The number of hydrogen-bond donors (Lipinski definition) is 1. The Morgan fingerprint density at radius 2 is 1.79 bits per heavy atom. The molecule has 0 saturated carbocycles. The summed E-state index contributed by atoms with van der Waals surface area (Å²) < 4.78 is 5.67. The van der Waals surface area contributed by atoms with Gasteiger partial charge in [-0.1, -0.05) is 12.1 Å². The van der Waals surface area contributed by atoms with Crippen LogP contribution in [0.25, 0.3) is 11.0 Å². The van der Waals surface area contributed by atoms with E-state index in [0.717, 1.165) is 54.1 Å². The first-order valence-corrected chi connectivity index (χ1v) is 9.81. The fraction of sp³-hybridized carbons (Fsp3) is 0.348. The molecule has 0 spiro atoms. The average molecular weight is 377 g/mol. The number of rotatable bonds is 4. The van der Waals surface area contributed by atoms with E-state index in [1.165, 1.54) is 11.1 Å². The van der Waals surface area contributed by atoms with Crippen LogP contribution in [-0.2, 0) is 11.2 Å². The number of furan rings is 1. The number of likely N-dealkylation sites (N-methyl/N-ethyl adjacent to an activating group) is 1. The molecule has 0 bridgehead atoms. The molecule has 4 rings (SSSR count). The van der Waals surface area contributed by atoms with Crippen molar-refractivity contribution in [1.29, 1.82) is 0 Å². The lowest BCUT2D eigenvalue weighted by Gasteiger charge is -2.35. The van der Waals surface area contributed by atoms with E-state index in [9.17, 15) is 4.79 Å². The summed E-state index contributed by atoms with van der Waals surface area (Å²) in [6, 6.07) is 12.2. The number of carbonyl (C=O) groups is 1. The number of amides is 1. The van der Waals surface area contributed by atoms with Crippen molar-refractivity contribution in [1.82, 2.24) is 4.90 Å². The highest BCUT2D eigenvalue weighted by Crippen LogP contribution is 2.28. The highest BCUT2D eigenvalue weighted by atomic mass is 16.3. The predicted molar refractivity (Wildman–Crippen MR) is 114 cm³/mol. The third kappa shape index (κ3) is 3.76. The second kappa shape index (κ2) is 7.68. The maximum atomic E-state index is 12.8. The Labute approximate surface area is 165 Å². The average Bonchev–Trinajstić information content (AvgIpc) is 3.05. The van der Waals surface area contributed by atoms with E-state index >= 15 is 0 Å². The second-order valence-electron chi connectivity index (χ2n) is 7.73. The summed E-state index contributed by atoms with van der Waals surface area (Å²) in [6.45, 7) is 8.14. The lowest BCUT2D eigenvalue weighted by molar-refractivity contribution is -0.115. The van der Waals surface area contributed by atoms with Crippen molar-refractivity contribution >= 4 is 28.3 Å². The Balaban J connectivity index is 1.51. The van der Waals surface area contributed by atoms with E-state index in [1.807, 2.05) is 24.3 Å². The molecular weight excluding hydrogens is 350 g/mol. The van der Waals surface area contributed by atoms with Crippen molar-refractivity contribution in [3.8, 4) is 0 Å². The van der Waals surface area contributed by atoms with Crippen molar-refractivity contribution in [3.63, 3.8) is 0 Å². The minimum absolute atomic E-state index is 0.0255. The topological polar surface area (TPSA) is 48.7 Å². The van der Waals surface area contributed by atoms with Gasteiger partial charge < -0.3 is 19.5 Å². The lowest BCUT2D eigenvalue weighted by Crippen LogP contribution is -2.44. The largest absolute Gasteiger partial charge is 0.464 e. The molecular formula is C23H27N3O2. The summed E-state index contributed by atoms with van der Waals surface area (Å²) >= 11 is 0. The summed E-state index contributed by atoms with van der Waals surface area (Å²) in [5.41, 5.74) is 6.12. The van der Waals surface area contributed by atoms with Crippen LogP contribution < -0.4 is 10.2 Å². The van der Waals surface area contributed by atoms with Gasteiger partial charge >= 0.3 is 0 Å². The van der Waals surface area contributed by atoms with E-state index in [-0.39, 0.29) is 5.91 Å². The number of para-hydroxylation sites is 2. The van der Waals surface area contributed by atoms with Crippen molar-refractivity contribution in [2.45, 2.75) is 20.3 Å².